The lowest BCUT2D eigenvalue weighted by Gasteiger charge is -2.09. The van der Waals surface area contributed by atoms with Crippen LogP contribution in [-0.4, -0.2) is 16.2 Å². The second-order valence-corrected chi connectivity index (χ2v) is 1.93. The van der Waals surface area contributed by atoms with Crippen LogP contribution in [0.4, 0.5) is 0 Å². The normalized spacial score (nSPS) is 16.5. The first kappa shape index (κ1) is 7.40. The van der Waals surface area contributed by atoms with E-state index in [-0.39, 0.29) is 5.57 Å². The van der Waals surface area contributed by atoms with E-state index >= 15 is 0 Å². The first-order chi connectivity index (χ1) is 5.13. The molecule has 0 aliphatic carbocycles. The van der Waals surface area contributed by atoms with Gasteiger partial charge in [0, 0.05) is 5.57 Å². The summed E-state index contributed by atoms with van der Waals surface area (Å²) < 4.78 is 4.51. The molecule has 0 fully saturated rings. The molecule has 4 heteroatoms. The molecule has 0 aromatic heterocycles. The highest BCUT2D eigenvalue weighted by atomic mass is 16.5. The number of carboxylic acids is 1. The summed E-state index contributed by atoms with van der Waals surface area (Å²) in [6.45, 7) is 3.39. The van der Waals surface area contributed by atoms with Crippen molar-refractivity contribution in [2.45, 2.75) is 0 Å². The van der Waals surface area contributed by atoms with E-state index in [1.807, 2.05) is 0 Å². The second-order valence-electron chi connectivity index (χ2n) is 1.93. The maximum atomic E-state index is 10.3. The molecular weight excluding hydrogens is 148 g/mol. The molecule has 1 rings (SSSR count). The molecular formula is C7H6O4. The Labute approximate surface area is 62.7 Å². The maximum Gasteiger partial charge on any atom is 0.375 e. The van der Waals surface area contributed by atoms with Crippen LogP contribution in [0.2, 0.25) is 0 Å². The first-order valence-electron chi connectivity index (χ1n) is 2.82. The molecule has 58 valence electrons. The van der Waals surface area contributed by atoms with Gasteiger partial charge < -0.3 is 14.9 Å². The lowest BCUT2D eigenvalue weighted by Crippen LogP contribution is -2.09. The minimum atomic E-state index is -1.31. The van der Waals surface area contributed by atoms with Gasteiger partial charge >= 0.3 is 5.97 Å². The van der Waals surface area contributed by atoms with E-state index in [1.54, 1.807) is 0 Å². The zero-order chi connectivity index (χ0) is 8.43. The van der Waals surface area contributed by atoms with Crippen molar-refractivity contribution in [2.75, 3.05) is 0 Å². The molecule has 0 amide bonds. The number of aliphatic carboxylic acids is 1. The van der Waals surface area contributed by atoms with E-state index in [9.17, 15) is 4.79 Å². The molecule has 2 N–H and O–H groups in total. The molecule has 0 unspecified atom stereocenters. The van der Waals surface area contributed by atoms with E-state index in [0.717, 1.165) is 6.26 Å². The quantitative estimate of drug-likeness (QED) is 0.589. The average Bonchev–Trinajstić information content (AvgIpc) is 1.94. The van der Waals surface area contributed by atoms with E-state index in [1.165, 1.54) is 6.08 Å². The number of aliphatic hydroxyl groups is 1. The molecule has 1 aliphatic heterocycles. The van der Waals surface area contributed by atoms with Crippen molar-refractivity contribution >= 4 is 5.97 Å². The SMILES string of the molecule is C=C1C=COC(C(=O)O)=C1O. The van der Waals surface area contributed by atoms with Gasteiger partial charge in [-0.15, -0.1) is 0 Å². The van der Waals surface area contributed by atoms with Crippen LogP contribution in [0.25, 0.3) is 0 Å². The van der Waals surface area contributed by atoms with Crippen LogP contribution in [0.15, 0.2) is 36.0 Å². The van der Waals surface area contributed by atoms with Crippen LogP contribution in [0, 0.1) is 0 Å². The van der Waals surface area contributed by atoms with Crippen molar-refractivity contribution in [2.24, 2.45) is 0 Å². The molecule has 0 aromatic carbocycles. The summed E-state index contributed by atoms with van der Waals surface area (Å²) in [5, 5.41) is 17.4. The summed E-state index contributed by atoms with van der Waals surface area (Å²) in [5.74, 6) is -2.23. The third-order valence-corrected chi connectivity index (χ3v) is 1.17. The number of hydrogen-bond donors (Lipinski definition) is 2. The van der Waals surface area contributed by atoms with Crippen LogP contribution in [0.5, 0.6) is 0 Å². The number of aliphatic hydroxyl groups excluding tert-OH is 1. The molecule has 11 heavy (non-hydrogen) atoms. The highest BCUT2D eigenvalue weighted by Gasteiger charge is 2.19. The predicted octanol–water partition coefficient (Wildman–Crippen LogP) is 0.941. The van der Waals surface area contributed by atoms with Crippen molar-refractivity contribution in [1.29, 1.82) is 0 Å². The fraction of sp³-hybridized carbons (Fsp3) is 0. The van der Waals surface area contributed by atoms with Gasteiger partial charge in [0.05, 0.1) is 6.26 Å². The Hall–Kier alpha value is -1.71. The van der Waals surface area contributed by atoms with E-state index in [4.69, 9.17) is 10.2 Å². The summed E-state index contributed by atoms with van der Waals surface area (Å²) in [6, 6.07) is 0. The van der Waals surface area contributed by atoms with Gasteiger partial charge in [0.25, 0.3) is 5.76 Å². The fourth-order valence-corrected chi connectivity index (χ4v) is 0.616. The zero-order valence-corrected chi connectivity index (χ0v) is 5.57. The molecule has 0 aromatic rings. The Morgan fingerprint density at radius 1 is 1.64 bits per heavy atom. The minimum Gasteiger partial charge on any atom is -0.504 e. The van der Waals surface area contributed by atoms with Crippen molar-refractivity contribution in [3.63, 3.8) is 0 Å². The van der Waals surface area contributed by atoms with Crippen LogP contribution >= 0.6 is 0 Å². The number of ether oxygens (including phenoxy) is 1. The molecule has 1 aliphatic rings. The Morgan fingerprint density at radius 3 is 2.73 bits per heavy atom. The molecule has 1 heterocycles. The number of allylic oxidation sites excluding steroid dienone is 1. The Bertz CT molecular complexity index is 272. The molecule has 0 saturated carbocycles. The third kappa shape index (κ3) is 1.24. The van der Waals surface area contributed by atoms with Gasteiger partial charge in [-0.2, -0.15) is 0 Å². The van der Waals surface area contributed by atoms with E-state index in [0.29, 0.717) is 0 Å². The highest BCUT2D eigenvalue weighted by Crippen LogP contribution is 2.18. The summed E-state index contributed by atoms with van der Waals surface area (Å²) in [5.41, 5.74) is 0.230. The van der Waals surface area contributed by atoms with Gasteiger partial charge in [0.15, 0.2) is 5.76 Å². The number of hydrogen-bond acceptors (Lipinski definition) is 3. The van der Waals surface area contributed by atoms with Gasteiger partial charge in [-0.25, -0.2) is 4.79 Å². The van der Waals surface area contributed by atoms with Crippen molar-refractivity contribution in [3.8, 4) is 0 Å². The largest absolute Gasteiger partial charge is 0.504 e. The van der Waals surface area contributed by atoms with Crippen molar-refractivity contribution < 1.29 is 19.7 Å². The number of rotatable bonds is 1. The van der Waals surface area contributed by atoms with Crippen LogP contribution in [0.1, 0.15) is 0 Å². The Kier molecular flexibility index (Phi) is 1.68. The summed E-state index contributed by atoms with van der Waals surface area (Å²) in [4.78, 5) is 10.3. The molecule has 0 bridgehead atoms. The lowest BCUT2D eigenvalue weighted by atomic mass is 10.2. The molecule has 0 atom stereocenters. The fourth-order valence-electron chi connectivity index (χ4n) is 0.616. The van der Waals surface area contributed by atoms with E-state index < -0.39 is 17.5 Å². The number of carboxylic acid groups (broad SMARTS) is 1. The number of carbonyl (C=O) groups is 1. The molecule has 4 nitrogen and oxygen atoms in total. The van der Waals surface area contributed by atoms with Crippen LogP contribution < -0.4 is 0 Å². The first-order valence-corrected chi connectivity index (χ1v) is 2.82. The predicted molar refractivity (Wildman–Crippen MR) is 36.7 cm³/mol. The molecule has 0 spiro atoms. The average molecular weight is 154 g/mol. The van der Waals surface area contributed by atoms with Gasteiger partial charge in [0.1, 0.15) is 0 Å². The highest BCUT2D eigenvalue weighted by molar-refractivity contribution is 5.86. The van der Waals surface area contributed by atoms with E-state index in [2.05, 4.69) is 11.3 Å². The molecule has 0 saturated heterocycles. The Balaban J connectivity index is 3.02. The van der Waals surface area contributed by atoms with Gasteiger partial charge in [-0.1, -0.05) is 6.58 Å². The standard InChI is InChI=1S/C7H6O4/c1-4-2-3-11-6(5(4)8)7(9)10/h2-3,8H,1H2,(H,9,10). The van der Waals surface area contributed by atoms with Crippen LogP contribution in [-0.2, 0) is 9.53 Å². The smallest absolute Gasteiger partial charge is 0.375 e. The Morgan fingerprint density at radius 2 is 2.27 bits per heavy atom. The lowest BCUT2D eigenvalue weighted by molar-refractivity contribution is -0.136. The monoisotopic (exact) mass is 154 g/mol. The van der Waals surface area contributed by atoms with Gasteiger partial charge in [-0.3, -0.25) is 0 Å². The zero-order valence-electron chi connectivity index (χ0n) is 5.57. The van der Waals surface area contributed by atoms with Gasteiger partial charge in [0.2, 0.25) is 0 Å². The second kappa shape index (κ2) is 2.49. The summed E-state index contributed by atoms with van der Waals surface area (Å²) in [6.07, 6.45) is 2.54. The van der Waals surface area contributed by atoms with Crippen molar-refractivity contribution in [1.82, 2.24) is 0 Å². The van der Waals surface area contributed by atoms with Crippen LogP contribution in [0.3, 0.4) is 0 Å². The maximum absolute atomic E-state index is 10.3. The van der Waals surface area contributed by atoms with Crippen molar-refractivity contribution in [3.05, 3.63) is 36.0 Å². The topological polar surface area (TPSA) is 66.8 Å². The van der Waals surface area contributed by atoms with Gasteiger partial charge in [-0.05, 0) is 6.08 Å². The summed E-state index contributed by atoms with van der Waals surface area (Å²) in [7, 11) is 0. The third-order valence-electron chi connectivity index (χ3n) is 1.17. The summed E-state index contributed by atoms with van der Waals surface area (Å²) >= 11 is 0. The minimum absolute atomic E-state index is 0.230. The molecule has 0 radical (unpaired) electrons.